The zero-order valence-electron chi connectivity index (χ0n) is 7.81. The van der Waals surface area contributed by atoms with Crippen LogP contribution in [0.2, 0.25) is 0 Å². The Bertz CT molecular complexity index is 419. The number of allylic oxidation sites excluding steroid dienone is 4. The summed E-state index contributed by atoms with van der Waals surface area (Å²) in [4.78, 5) is 0. The zero-order valence-corrected chi connectivity index (χ0v) is 10.3. The molecule has 2 aliphatic rings. The average molecular weight is 258 g/mol. The van der Waals surface area contributed by atoms with Gasteiger partial charge in [-0.25, -0.2) is 8.42 Å². The molecule has 0 aromatic heterocycles. The van der Waals surface area contributed by atoms with Crippen molar-refractivity contribution in [2.75, 3.05) is 0 Å². The minimum absolute atomic E-state index is 0.180. The van der Waals surface area contributed by atoms with Gasteiger partial charge in [-0.3, -0.25) is 0 Å². The second-order valence-electron chi connectivity index (χ2n) is 3.13. The van der Waals surface area contributed by atoms with Crippen LogP contribution in [0.3, 0.4) is 0 Å². The first-order valence-corrected chi connectivity index (χ1v) is 8.75. The van der Waals surface area contributed by atoms with Gasteiger partial charge in [0.05, 0.1) is 5.25 Å². The van der Waals surface area contributed by atoms with Crippen molar-refractivity contribution in [2.45, 2.75) is 10.5 Å². The molecule has 0 radical (unpaired) electrons. The molecule has 0 atom stereocenters. The molecule has 0 aliphatic heterocycles. The van der Waals surface area contributed by atoms with Crippen LogP contribution in [0.5, 0.6) is 0 Å². The summed E-state index contributed by atoms with van der Waals surface area (Å²) in [6.45, 7) is 0. The van der Waals surface area contributed by atoms with Crippen LogP contribution < -0.4 is 0 Å². The van der Waals surface area contributed by atoms with E-state index in [1.807, 2.05) is 24.3 Å². The minimum atomic E-state index is -3.11. The van der Waals surface area contributed by atoms with Gasteiger partial charge in [-0.05, 0) is 0 Å². The average Bonchev–Trinajstić information content (AvgIpc) is 2.88. The maximum absolute atomic E-state index is 11.8. The van der Waals surface area contributed by atoms with Crippen LogP contribution in [0, 0.1) is 0 Å². The Kier molecular flexibility index (Phi) is 3.43. The molecular formula is C10H10O2S3. The van der Waals surface area contributed by atoms with Gasteiger partial charge in [0.15, 0.2) is 0 Å². The molecule has 0 amide bonds. The molecule has 5 heteroatoms. The Morgan fingerprint density at radius 1 is 0.867 bits per heavy atom. The maximum Gasteiger partial charge on any atom is 0.221 e. The third-order valence-corrected chi connectivity index (χ3v) is 8.34. The molecule has 0 aromatic rings. The first-order valence-electron chi connectivity index (χ1n) is 4.47. The highest BCUT2D eigenvalue weighted by atomic mass is 33.5. The Balaban J connectivity index is 1.93. The van der Waals surface area contributed by atoms with E-state index in [0.717, 1.165) is 9.83 Å². The second-order valence-corrected chi connectivity index (χ2v) is 9.13. The summed E-state index contributed by atoms with van der Waals surface area (Å²) in [5.74, 6) is 0. The molecule has 0 bridgehead atoms. The summed E-state index contributed by atoms with van der Waals surface area (Å²) in [6, 6.07) is 0. The molecule has 0 fully saturated rings. The second kappa shape index (κ2) is 4.63. The lowest BCUT2D eigenvalue weighted by Gasteiger charge is -2.08. The number of hydrogen-bond acceptors (Lipinski definition) is 4. The van der Waals surface area contributed by atoms with Crippen LogP contribution in [0.1, 0.15) is 0 Å². The number of rotatable bonds is 4. The SMILES string of the molecule is O=S(=O)(SSC1C=CC=C1)C1C=CC=C1. The van der Waals surface area contributed by atoms with E-state index in [4.69, 9.17) is 0 Å². The summed E-state index contributed by atoms with van der Waals surface area (Å²) in [5.41, 5.74) is 0. The van der Waals surface area contributed by atoms with Gasteiger partial charge in [-0.15, -0.1) is 0 Å². The van der Waals surface area contributed by atoms with Crippen molar-refractivity contribution in [3.05, 3.63) is 48.6 Å². The molecule has 0 unspecified atom stereocenters. The molecule has 2 nitrogen and oxygen atoms in total. The first-order chi connectivity index (χ1) is 7.18. The van der Waals surface area contributed by atoms with Gasteiger partial charge < -0.3 is 0 Å². The Hall–Kier alpha value is -0.390. The van der Waals surface area contributed by atoms with Crippen molar-refractivity contribution in [3.63, 3.8) is 0 Å². The van der Waals surface area contributed by atoms with E-state index >= 15 is 0 Å². The third-order valence-electron chi connectivity index (χ3n) is 2.00. The van der Waals surface area contributed by atoms with E-state index in [0.29, 0.717) is 0 Å². The molecule has 0 spiro atoms. The standard InChI is InChI=1S/C10H10O2S3/c11-15(12,10-7-3-4-8-10)14-13-9-5-1-2-6-9/h1-10H. The molecule has 0 saturated heterocycles. The molecule has 2 rings (SSSR count). The fraction of sp³-hybridized carbons (Fsp3) is 0.200. The molecule has 0 saturated carbocycles. The van der Waals surface area contributed by atoms with Gasteiger partial charge in [-0.1, -0.05) is 59.4 Å². The van der Waals surface area contributed by atoms with Crippen molar-refractivity contribution in [2.24, 2.45) is 0 Å². The van der Waals surface area contributed by atoms with Crippen molar-refractivity contribution < 1.29 is 8.42 Å². The normalized spacial score (nSPS) is 20.8. The molecular weight excluding hydrogens is 248 g/mol. The summed E-state index contributed by atoms with van der Waals surface area (Å²) in [6.07, 6.45) is 14.7. The highest BCUT2D eigenvalue weighted by molar-refractivity contribution is 9.07. The van der Waals surface area contributed by atoms with Gasteiger partial charge in [0.25, 0.3) is 0 Å². The minimum Gasteiger partial charge on any atom is -0.216 e. The first kappa shape index (κ1) is 11.1. The Morgan fingerprint density at radius 2 is 1.40 bits per heavy atom. The van der Waals surface area contributed by atoms with Gasteiger partial charge in [-0.2, -0.15) is 0 Å². The van der Waals surface area contributed by atoms with E-state index in [1.165, 1.54) is 10.8 Å². The highest BCUT2D eigenvalue weighted by Gasteiger charge is 2.24. The predicted octanol–water partition coefficient (Wildman–Crippen LogP) is 2.69. The van der Waals surface area contributed by atoms with E-state index < -0.39 is 14.1 Å². The predicted molar refractivity (Wildman–Crippen MR) is 68.2 cm³/mol. The number of hydrogen-bond donors (Lipinski definition) is 0. The Morgan fingerprint density at radius 3 is 2.00 bits per heavy atom. The Labute approximate surface area is 96.9 Å². The quantitative estimate of drug-likeness (QED) is 0.726. The molecule has 15 heavy (non-hydrogen) atoms. The van der Waals surface area contributed by atoms with Crippen molar-refractivity contribution in [1.29, 1.82) is 0 Å². The maximum atomic E-state index is 11.8. The molecule has 80 valence electrons. The molecule has 0 N–H and O–H groups in total. The van der Waals surface area contributed by atoms with E-state index in [-0.39, 0.29) is 5.25 Å². The lowest BCUT2D eigenvalue weighted by molar-refractivity contribution is 0.609. The summed E-state index contributed by atoms with van der Waals surface area (Å²) < 4.78 is 23.6. The largest absolute Gasteiger partial charge is 0.221 e. The van der Waals surface area contributed by atoms with Gasteiger partial charge in [0, 0.05) is 9.83 Å². The molecule has 0 aromatic carbocycles. The lowest BCUT2D eigenvalue weighted by atomic mass is 10.5. The summed E-state index contributed by atoms with van der Waals surface area (Å²) >= 11 is 0. The van der Waals surface area contributed by atoms with E-state index in [1.54, 1.807) is 24.3 Å². The molecule has 0 heterocycles. The van der Waals surface area contributed by atoms with Crippen molar-refractivity contribution in [1.82, 2.24) is 0 Å². The third kappa shape index (κ3) is 2.80. The van der Waals surface area contributed by atoms with Crippen LogP contribution in [-0.2, 0) is 8.87 Å². The topological polar surface area (TPSA) is 34.1 Å². The van der Waals surface area contributed by atoms with Gasteiger partial charge in [0.2, 0.25) is 8.87 Å². The van der Waals surface area contributed by atoms with Crippen molar-refractivity contribution >= 4 is 29.5 Å². The highest BCUT2D eigenvalue weighted by Crippen LogP contribution is 2.38. The van der Waals surface area contributed by atoms with Gasteiger partial charge in [0.1, 0.15) is 5.25 Å². The lowest BCUT2D eigenvalue weighted by Crippen LogP contribution is -2.10. The zero-order chi connectivity index (χ0) is 10.7. The smallest absolute Gasteiger partial charge is 0.216 e. The fourth-order valence-electron chi connectivity index (χ4n) is 1.23. The monoisotopic (exact) mass is 258 g/mol. The van der Waals surface area contributed by atoms with Crippen LogP contribution in [-0.4, -0.2) is 18.9 Å². The van der Waals surface area contributed by atoms with Gasteiger partial charge >= 0.3 is 0 Å². The van der Waals surface area contributed by atoms with Crippen LogP contribution in [0.25, 0.3) is 0 Å². The van der Waals surface area contributed by atoms with E-state index in [9.17, 15) is 8.42 Å². The van der Waals surface area contributed by atoms with Crippen LogP contribution >= 0.6 is 20.6 Å². The van der Waals surface area contributed by atoms with Crippen molar-refractivity contribution in [3.8, 4) is 0 Å². The molecule has 2 aliphatic carbocycles. The summed E-state index contributed by atoms with van der Waals surface area (Å²) in [5, 5.41) is -0.275. The fourth-order valence-corrected chi connectivity index (χ4v) is 6.65. The summed E-state index contributed by atoms with van der Waals surface area (Å²) in [7, 11) is -0.787. The van der Waals surface area contributed by atoms with Crippen LogP contribution in [0.4, 0.5) is 0 Å². The van der Waals surface area contributed by atoms with E-state index in [2.05, 4.69) is 0 Å². The van der Waals surface area contributed by atoms with Crippen LogP contribution in [0.15, 0.2) is 48.6 Å².